The highest BCUT2D eigenvalue weighted by Gasteiger charge is 2.40. The number of hydrogen-bond acceptors (Lipinski definition) is 10. The number of aliphatic imine (C=N–C) groups is 2. The number of anilines is 2. The third-order valence-electron chi connectivity index (χ3n) is 6.03. The molecule has 1 heterocycles. The van der Waals surface area contributed by atoms with Gasteiger partial charge >= 0.3 is 18.3 Å². The lowest BCUT2D eigenvalue weighted by Crippen LogP contribution is -2.27. The summed E-state index contributed by atoms with van der Waals surface area (Å²) in [7, 11) is 0.676. The van der Waals surface area contributed by atoms with Crippen LogP contribution in [0.4, 0.5) is 38.2 Å². The van der Waals surface area contributed by atoms with E-state index in [1.807, 2.05) is 74.5 Å². The van der Waals surface area contributed by atoms with Crippen LogP contribution in [0.2, 0.25) is 0 Å². The van der Waals surface area contributed by atoms with E-state index in [1.165, 1.54) is 0 Å². The molecule has 9 N–H and O–H groups in total. The summed E-state index contributed by atoms with van der Waals surface area (Å²) >= 11 is 0. The number of carbonyl (C=O) groups is 1. The van der Waals surface area contributed by atoms with E-state index in [4.69, 9.17) is 32.4 Å². The van der Waals surface area contributed by atoms with Crippen molar-refractivity contribution in [2.75, 3.05) is 31.4 Å². The number of carbonyl (C=O) groups excluding carboxylic acids is 1. The maximum absolute atomic E-state index is 12.7. The Morgan fingerprint density at radius 2 is 1.35 bits per heavy atom. The zero-order chi connectivity index (χ0) is 38.5. The Balaban J connectivity index is 0.000000429. The number of methoxy groups -OCH3 is 1. The van der Waals surface area contributed by atoms with Gasteiger partial charge < -0.3 is 42.5 Å². The van der Waals surface area contributed by atoms with E-state index < -0.39 is 30.1 Å². The van der Waals surface area contributed by atoms with Gasteiger partial charge in [-0.05, 0) is 24.0 Å². The second-order valence-electron chi connectivity index (χ2n) is 10.2. The molecule has 0 amide bonds. The molecule has 0 aliphatic carbocycles. The molecule has 3 aromatic rings. The molecule has 2 unspecified atom stereocenters. The molecule has 0 radical (unpaired) electrons. The van der Waals surface area contributed by atoms with Gasteiger partial charge in [0, 0.05) is 0 Å². The number of alkyl halides is 6. The van der Waals surface area contributed by atoms with Gasteiger partial charge in [-0.25, -0.2) is 9.79 Å². The predicted molar refractivity (Wildman–Crippen MR) is 179 cm³/mol. The fourth-order valence-electron chi connectivity index (χ4n) is 3.52. The number of aromatic nitrogens is 3. The van der Waals surface area contributed by atoms with E-state index in [0.717, 1.165) is 17.5 Å². The Morgan fingerprint density at radius 3 is 1.76 bits per heavy atom. The van der Waals surface area contributed by atoms with Crippen LogP contribution >= 0.6 is 0 Å². The van der Waals surface area contributed by atoms with Crippen molar-refractivity contribution in [3.05, 3.63) is 77.6 Å². The van der Waals surface area contributed by atoms with Crippen LogP contribution in [-0.2, 0) is 38.4 Å². The standard InChI is InChI=1S/C15H18F3N5O.C13H21N5O.C3H3F3O2/c1-2-11(9-24-8-10-6-4-3-5-7-10)20-14-22-12(15(16,17)18)21-13(19)23-14;1-2-11(17-13(16)18-12(14)15)9-19-8-10-6-4-3-5-7-10;1-8-2(7)3(4,5)6/h3-7,11H,2,8-9H2,1H3,(H3,19,20,21,22,23);3-7,11H,2,8-9H2,1H3,(H6,14,15,16,17,18);1H3. The number of nitrogens with zero attached hydrogens (tertiary/aromatic N) is 5. The number of esters is 1. The highest BCUT2D eigenvalue weighted by molar-refractivity contribution is 5.92. The quantitative estimate of drug-likeness (QED) is 0.0723. The number of halogens is 6. The molecule has 0 aliphatic heterocycles. The Labute approximate surface area is 290 Å². The van der Waals surface area contributed by atoms with Gasteiger partial charge in [-0.3, -0.25) is 0 Å². The first-order chi connectivity index (χ1) is 24.0. The van der Waals surface area contributed by atoms with Crippen molar-refractivity contribution < 1.29 is 45.3 Å². The van der Waals surface area contributed by atoms with Gasteiger partial charge in [0.1, 0.15) is 0 Å². The Hall–Kier alpha value is -5.24. The predicted octanol–water partition coefficient (Wildman–Crippen LogP) is 4.17. The van der Waals surface area contributed by atoms with Gasteiger partial charge in [0.25, 0.3) is 0 Å². The van der Waals surface area contributed by atoms with Gasteiger partial charge in [-0.1, -0.05) is 74.5 Å². The van der Waals surface area contributed by atoms with Crippen LogP contribution < -0.4 is 28.3 Å². The number of benzene rings is 2. The van der Waals surface area contributed by atoms with Gasteiger partial charge in [0.05, 0.1) is 45.6 Å². The molecule has 0 fully saturated rings. The Bertz CT molecular complexity index is 1490. The van der Waals surface area contributed by atoms with E-state index in [2.05, 4.69) is 35.0 Å². The van der Waals surface area contributed by atoms with E-state index in [1.54, 1.807) is 0 Å². The fourth-order valence-corrected chi connectivity index (χ4v) is 3.52. The topological polar surface area (TPSA) is 224 Å². The first-order valence-corrected chi connectivity index (χ1v) is 15.1. The molecule has 0 bridgehead atoms. The van der Waals surface area contributed by atoms with Crippen LogP contribution in [0, 0.1) is 0 Å². The van der Waals surface area contributed by atoms with Crippen LogP contribution in [0.25, 0.3) is 0 Å². The number of guanidine groups is 2. The summed E-state index contributed by atoms with van der Waals surface area (Å²) in [5.41, 5.74) is 23.5. The number of ether oxygens (including phenoxy) is 3. The van der Waals surface area contributed by atoms with Crippen LogP contribution in [0.1, 0.15) is 43.6 Å². The van der Waals surface area contributed by atoms with Crippen molar-refractivity contribution in [3.8, 4) is 0 Å². The maximum Gasteiger partial charge on any atom is 0.490 e. The molecule has 282 valence electrons. The molecule has 51 heavy (non-hydrogen) atoms. The lowest BCUT2D eigenvalue weighted by atomic mass is 10.2. The van der Waals surface area contributed by atoms with E-state index in [-0.39, 0.29) is 30.0 Å². The van der Waals surface area contributed by atoms with Crippen LogP contribution in [-0.4, -0.2) is 71.4 Å². The third-order valence-corrected chi connectivity index (χ3v) is 6.03. The first kappa shape index (κ1) is 43.8. The first-order valence-electron chi connectivity index (χ1n) is 15.1. The highest BCUT2D eigenvalue weighted by Crippen LogP contribution is 2.27. The van der Waals surface area contributed by atoms with Crippen molar-refractivity contribution in [2.24, 2.45) is 27.2 Å². The Morgan fingerprint density at radius 1 is 0.824 bits per heavy atom. The lowest BCUT2D eigenvalue weighted by Gasteiger charge is -2.18. The highest BCUT2D eigenvalue weighted by atomic mass is 19.4. The summed E-state index contributed by atoms with van der Waals surface area (Å²) in [6, 6.07) is 19.2. The molecule has 2 aromatic carbocycles. The molecule has 14 nitrogen and oxygen atoms in total. The second kappa shape index (κ2) is 22.5. The SMILES string of the molecule is CCC(COCc1ccccc1)N=C(N)N=C(N)N.CCC(COCc1ccccc1)Nc1nc(N)nc(C(F)(F)F)n1.COC(=O)C(F)(F)F. The van der Waals surface area contributed by atoms with E-state index in [9.17, 15) is 31.1 Å². The van der Waals surface area contributed by atoms with Crippen LogP contribution in [0.5, 0.6) is 0 Å². The van der Waals surface area contributed by atoms with Crippen LogP contribution in [0.3, 0.4) is 0 Å². The number of nitrogens with two attached hydrogens (primary N) is 4. The zero-order valence-corrected chi connectivity index (χ0v) is 28.1. The number of nitrogens with one attached hydrogen (secondary N) is 1. The summed E-state index contributed by atoms with van der Waals surface area (Å²) in [6.45, 7) is 5.60. The molecule has 0 saturated heterocycles. The number of nitrogen functional groups attached to an aromatic ring is 1. The zero-order valence-electron chi connectivity index (χ0n) is 28.1. The normalized spacial score (nSPS) is 12.6. The molecule has 0 saturated carbocycles. The van der Waals surface area contributed by atoms with Crippen molar-refractivity contribution in [1.29, 1.82) is 0 Å². The maximum atomic E-state index is 12.7. The van der Waals surface area contributed by atoms with E-state index >= 15 is 0 Å². The van der Waals surface area contributed by atoms with Crippen molar-refractivity contribution in [2.45, 2.75) is 64.3 Å². The van der Waals surface area contributed by atoms with Crippen LogP contribution in [0.15, 0.2) is 70.6 Å². The van der Waals surface area contributed by atoms with Gasteiger partial charge in [0.2, 0.25) is 23.7 Å². The van der Waals surface area contributed by atoms with Gasteiger partial charge in [-0.15, -0.1) is 0 Å². The van der Waals surface area contributed by atoms with Gasteiger partial charge in [-0.2, -0.15) is 46.3 Å². The minimum atomic E-state index is -4.85. The summed E-state index contributed by atoms with van der Waals surface area (Å²) in [4.78, 5) is 27.5. The van der Waals surface area contributed by atoms with Crippen molar-refractivity contribution in [1.82, 2.24) is 15.0 Å². The van der Waals surface area contributed by atoms with Crippen molar-refractivity contribution >= 4 is 29.8 Å². The summed E-state index contributed by atoms with van der Waals surface area (Å²) < 4.78 is 85.6. The smallest absolute Gasteiger partial charge is 0.462 e. The monoisotopic (exact) mass is 732 g/mol. The molecule has 2 atom stereocenters. The van der Waals surface area contributed by atoms with Crippen molar-refractivity contribution in [3.63, 3.8) is 0 Å². The average Bonchev–Trinajstić information content (AvgIpc) is 3.07. The van der Waals surface area contributed by atoms with E-state index in [0.29, 0.717) is 40.0 Å². The lowest BCUT2D eigenvalue weighted by molar-refractivity contribution is -0.196. The molecular weight excluding hydrogens is 690 g/mol. The third kappa shape index (κ3) is 19.5. The fraction of sp³-hybridized carbons (Fsp3) is 0.419. The summed E-state index contributed by atoms with van der Waals surface area (Å²) in [6.07, 6.45) is -8.12. The largest absolute Gasteiger partial charge is 0.490 e. The molecule has 0 aliphatic rings. The average molecular weight is 733 g/mol. The molecule has 0 spiro atoms. The Kier molecular flexibility index (Phi) is 19.3. The summed E-state index contributed by atoms with van der Waals surface area (Å²) in [5, 5.41) is 2.80. The minimum Gasteiger partial charge on any atom is -0.462 e. The number of hydrogen-bond donors (Lipinski definition) is 5. The summed E-state index contributed by atoms with van der Waals surface area (Å²) in [5.74, 6) is -4.21. The molecule has 3 rings (SSSR count). The minimum absolute atomic E-state index is 0.0492. The molecular formula is C31H42F6N10O4. The molecule has 1 aromatic heterocycles. The molecule has 20 heteroatoms. The second-order valence-corrected chi connectivity index (χ2v) is 10.2. The number of rotatable bonds is 13. The van der Waals surface area contributed by atoms with Gasteiger partial charge in [0.15, 0.2) is 5.96 Å².